The van der Waals surface area contributed by atoms with Gasteiger partial charge in [0.15, 0.2) is 11.8 Å². The molecular formula is C23H20N2O6S. The Morgan fingerprint density at radius 3 is 2.72 bits per heavy atom. The molecule has 0 spiro atoms. The minimum absolute atomic E-state index is 0.101. The summed E-state index contributed by atoms with van der Waals surface area (Å²) in [4.78, 5) is 42.0. The Bertz CT molecular complexity index is 1120. The van der Waals surface area contributed by atoms with Gasteiger partial charge >= 0.3 is 11.9 Å². The molecule has 1 N–H and O–H groups in total. The van der Waals surface area contributed by atoms with Gasteiger partial charge in [-0.3, -0.25) is 9.69 Å². The van der Waals surface area contributed by atoms with Gasteiger partial charge in [-0.2, -0.15) is 0 Å². The van der Waals surface area contributed by atoms with E-state index < -0.39 is 11.9 Å². The van der Waals surface area contributed by atoms with Gasteiger partial charge in [-0.05, 0) is 42.1 Å². The Morgan fingerprint density at radius 2 is 2.00 bits per heavy atom. The van der Waals surface area contributed by atoms with Crippen LogP contribution in [0.1, 0.15) is 15.9 Å². The number of thioether (sulfide) groups is 1. The van der Waals surface area contributed by atoms with Crippen molar-refractivity contribution in [2.24, 2.45) is 4.99 Å². The summed E-state index contributed by atoms with van der Waals surface area (Å²) in [6.07, 6.45) is 3.24. The lowest BCUT2D eigenvalue weighted by atomic mass is 10.2. The first-order valence-corrected chi connectivity index (χ1v) is 10.3. The van der Waals surface area contributed by atoms with Gasteiger partial charge in [0.05, 0.1) is 23.3 Å². The number of hydrogen-bond donors (Lipinski definition) is 1. The smallest absolute Gasteiger partial charge is 0.343 e. The minimum Gasteiger partial charge on any atom is -0.481 e. The van der Waals surface area contributed by atoms with E-state index in [0.29, 0.717) is 27.1 Å². The number of para-hydroxylation sites is 1. The second kappa shape index (κ2) is 10.5. The van der Waals surface area contributed by atoms with E-state index in [1.54, 1.807) is 48.6 Å². The van der Waals surface area contributed by atoms with Crippen molar-refractivity contribution in [3.05, 3.63) is 77.2 Å². The van der Waals surface area contributed by atoms with E-state index in [2.05, 4.69) is 16.3 Å². The Hall–Kier alpha value is -3.85. The molecule has 1 aliphatic rings. The summed E-state index contributed by atoms with van der Waals surface area (Å²) < 4.78 is 10.1. The first kappa shape index (κ1) is 22.8. The Labute approximate surface area is 188 Å². The molecule has 2 aromatic rings. The lowest BCUT2D eigenvalue weighted by Gasteiger charge is -2.12. The molecule has 1 amide bonds. The number of benzene rings is 2. The highest BCUT2D eigenvalue weighted by atomic mass is 32.2. The van der Waals surface area contributed by atoms with E-state index in [1.807, 2.05) is 0 Å². The maximum Gasteiger partial charge on any atom is 0.343 e. The SMILES string of the molecule is C=CCN1C(=O)/C(=C/c2ccccc2OCC(=O)OC)SC1=Nc1cccc(C(=O)O)c1. The number of carboxylic acid groups (broad SMARTS) is 1. The van der Waals surface area contributed by atoms with E-state index in [4.69, 9.17) is 4.74 Å². The van der Waals surface area contributed by atoms with E-state index >= 15 is 0 Å². The molecule has 1 heterocycles. The molecule has 32 heavy (non-hydrogen) atoms. The fourth-order valence-electron chi connectivity index (χ4n) is 2.77. The Morgan fingerprint density at radius 1 is 1.22 bits per heavy atom. The normalized spacial score (nSPS) is 15.8. The number of amides is 1. The molecule has 0 unspecified atom stereocenters. The van der Waals surface area contributed by atoms with Gasteiger partial charge in [0, 0.05) is 12.1 Å². The molecule has 0 aliphatic carbocycles. The first-order valence-electron chi connectivity index (χ1n) is 9.46. The molecule has 1 fully saturated rings. The number of amidine groups is 1. The van der Waals surface area contributed by atoms with Crippen LogP contribution in [-0.2, 0) is 14.3 Å². The van der Waals surface area contributed by atoms with Gasteiger partial charge in [0.2, 0.25) is 0 Å². The van der Waals surface area contributed by atoms with Crippen LogP contribution in [0.25, 0.3) is 6.08 Å². The monoisotopic (exact) mass is 452 g/mol. The Balaban J connectivity index is 1.93. The van der Waals surface area contributed by atoms with Crippen LogP contribution >= 0.6 is 11.8 Å². The number of rotatable bonds is 8. The van der Waals surface area contributed by atoms with Crippen LogP contribution in [-0.4, -0.2) is 53.3 Å². The Kier molecular flexibility index (Phi) is 7.45. The quantitative estimate of drug-likeness (QED) is 0.370. The second-order valence-electron chi connectivity index (χ2n) is 6.47. The van der Waals surface area contributed by atoms with Crippen LogP contribution in [0.15, 0.2) is 71.1 Å². The van der Waals surface area contributed by atoms with Crippen molar-refractivity contribution >= 4 is 46.5 Å². The van der Waals surface area contributed by atoms with Gasteiger partial charge in [0.25, 0.3) is 5.91 Å². The minimum atomic E-state index is -1.06. The topological polar surface area (TPSA) is 106 Å². The highest BCUT2D eigenvalue weighted by Gasteiger charge is 2.32. The van der Waals surface area contributed by atoms with E-state index in [-0.39, 0.29) is 24.6 Å². The summed E-state index contributed by atoms with van der Waals surface area (Å²) in [5.74, 6) is -1.43. The van der Waals surface area contributed by atoms with Crippen molar-refractivity contribution in [1.29, 1.82) is 0 Å². The largest absolute Gasteiger partial charge is 0.481 e. The van der Waals surface area contributed by atoms with Crippen molar-refractivity contribution in [3.63, 3.8) is 0 Å². The maximum atomic E-state index is 13.0. The molecule has 0 saturated carbocycles. The van der Waals surface area contributed by atoms with Gasteiger partial charge in [0.1, 0.15) is 5.75 Å². The summed E-state index contributed by atoms with van der Waals surface area (Å²) in [5, 5.41) is 9.59. The van der Waals surface area contributed by atoms with Gasteiger partial charge < -0.3 is 14.6 Å². The zero-order valence-corrected chi connectivity index (χ0v) is 18.0. The number of ether oxygens (including phenoxy) is 2. The summed E-state index contributed by atoms with van der Waals surface area (Å²) in [7, 11) is 1.27. The van der Waals surface area contributed by atoms with Gasteiger partial charge in [-0.25, -0.2) is 14.6 Å². The van der Waals surface area contributed by atoms with E-state index in [9.17, 15) is 19.5 Å². The number of aromatic carboxylic acids is 1. The van der Waals surface area contributed by atoms with E-state index in [1.165, 1.54) is 24.1 Å². The number of methoxy groups -OCH3 is 1. The molecule has 0 atom stereocenters. The lowest BCUT2D eigenvalue weighted by molar-refractivity contribution is -0.142. The van der Waals surface area contributed by atoms with Crippen LogP contribution in [0.4, 0.5) is 5.69 Å². The van der Waals surface area contributed by atoms with Crippen LogP contribution in [0.2, 0.25) is 0 Å². The predicted octanol–water partition coefficient (Wildman–Crippen LogP) is 3.73. The molecule has 3 rings (SSSR count). The summed E-state index contributed by atoms with van der Waals surface area (Å²) >= 11 is 1.15. The van der Waals surface area contributed by atoms with Crippen molar-refractivity contribution in [1.82, 2.24) is 4.90 Å². The summed E-state index contributed by atoms with van der Waals surface area (Å²) in [6.45, 7) is 3.67. The van der Waals surface area contributed by atoms with Crippen LogP contribution < -0.4 is 4.74 Å². The number of carbonyl (C=O) groups excluding carboxylic acids is 2. The number of nitrogens with zero attached hydrogens (tertiary/aromatic N) is 2. The predicted molar refractivity (Wildman–Crippen MR) is 122 cm³/mol. The molecule has 1 saturated heterocycles. The highest BCUT2D eigenvalue weighted by molar-refractivity contribution is 8.18. The van der Waals surface area contributed by atoms with Crippen molar-refractivity contribution < 1.29 is 29.0 Å². The van der Waals surface area contributed by atoms with Crippen LogP contribution in [0, 0.1) is 0 Å². The van der Waals surface area contributed by atoms with E-state index in [0.717, 1.165) is 11.8 Å². The fourth-order valence-corrected chi connectivity index (χ4v) is 3.77. The lowest BCUT2D eigenvalue weighted by Crippen LogP contribution is -2.29. The second-order valence-corrected chi connectivity index (χ2v) is 7.48. The standard InChI is InChI=1S/C23H20N2O6S/c1-3-11-25-21(27)19(13-15-7-4-5-10-18(15)31-14-20(26)30-2)32-23(25)24-17-9-6-8-16(12-17)22(28)29/h3-10,12-13H,1,11,14H2,2H3,(H,28,29)/b19-13-,24-23?. The summed E-state index contributed by atoms with van der Waals surface area (Å²) in [5.41, 5.74) is 1.13. The number of hydrogen-bond acceptors (Lipinski definition) is 7. The zero-order valence-electron chi connectivity index (χ0n) is 17.2. The molecule has 8 nitrogen and oxygen atoms in total. The first-order chi connectivity index (χ1) is 15.4. The molecule has 0 radical (unpaired) electrons. The molecule has 0 aromatic heterocycles. The van der Waals surface area contributed by atoms with Crippen molar-refractivity contribution in [2.45, 2.75) is 0 Å². The van der Waals surface area contributed by atoms with Gasteiger partial charge in [-0.15, -0.1) is 6.58 Å². The fraction of sp³-hybridized carbons (Fsp3) is 0.130. The molecule has 164 valence electrons. The van der Waals surface area contributed by atoms with Crippen LogP contribution in [0.5, 0.6) is 5.75 Å². The van der Waals surface area contributed by atoms with Crippen LogP contribution in [0.3, 0.4) is 0 Å². The van der Waals surface area contributed by atoms with Gasteiger partial charge in [-0.1, -0.05) is 30.3 Å². The third kappa shape index (κ3) is 5.44. The molecule has 0 bridgehead atoms. The van der Waals surface area contributed by atoms with Crippen molar-refractivity contribution in [3.8, 4) is 5.75 Å². The van der Waals surface area contributed by atoms with Crippen molar-refractivity contribution in [2.75, 3.05) is 20.3 Å². The zero-order chi connectivity index (χ0) is 23.1. The third-order valence-electron chi connectivity index (χ3n) is 4.30. The average Bonchev–Trinajstić information content (AvgIpc) is 3.07. The molecule has 9 heteroatoms. The summed E-state index contributed by atoms with van der Waals surface area (Å²) in [6, 6.07) is 13.1. The number of esters is 1. The molecule has 1 aliphatic heterocycles. The number of carbonyl (C=O) groups is 3. The average molecular weight is 452 g/mol. The molecule has 2 aromatic carbocycles. The number of carboxylic acids is 1. The molecular weight excluding hydrogens is 432 g/mol. The maximum absolute atomic E-state index is 13.0. The number of aliphatic imine (C=N–C) groups is 1. The highest BCUT2D eigenvalue weighted by Crippen LogP contribution is 2.35. The third-order valence-corrected chi connectivity index (χ3v) is 5.30.